The van der Waals surface area contributed by atoms with Gasteiger partial charge in [-0.25, -0.2) is 0 Å². The van der Waals surface area contributed by atoms with E-state index in [9.17, 15) is 4.79 Å². The van der Waals surface area contributed by atoms with Crippen LogP contribution in [0, 0.1) is 0 Å². The van der Waals surface area contributed by atoms with Crippen LogP contribution in [0.4, 0.5) is 5.69 Å². The first-order chi connectivity index (χ1) is 16.2. The molecule has 33 heavy (non-hydrogen) atoms. The highest BCUT2D eigenvalue weighted by atomic mass is 16.7. The van der Waals surface area contributed by atoms with Crippen LogP contribution in [-0.2, 0) is 6.54 Å². The van der Waals surface area contributed by atoms with Crippen LogP contribution in [0.25, 0.3) is 10.9 Å². The summed E-state index contributed by atoms with van der Waals surface area (Å²) in [7, 11) is 0. The smallest absolute Gasteiger partial charge is 0.253 e. The second-order valence-corrected chi connectivity index (χ2v) is 8.52. The van der Waals surface area contributed by atoms with E-state index < -0.39 is 0 Å². The Balaban J connectivity index is 1.09. The van der Waals surface area contributed by atoms with Gasteiger partial charge >= 0.3 is 0 Å². The molecule has 2 aliphatic heterocycles. The first-order valence-corrected chi connectivity index (χ1v) is 11.3. The van der Waals surface area contributed by atoms with Gasteiger partial charge in [-0.05, 0) is 47.3 Å². The number of aromatic nitrogens is 1. The molecule has 4 aromatic rings. The van der Waals surface area contributed by atoms with E-state index in [2.05, 4.69) is 64.2 Å². The molecule has 1 fully saturated rings. The van der Waals surface area contributed by atoms with E-state index in [0.717, 1.165) is 42.4 Å². The van der Waals surface area contributed by atoms with Gasteiger partial charge in [0, 0.05) is 61.8 Å². The number of nitrogens with zero attached hydrogens (tertiary/aromatic N) is 3. The Labute approximate surface area is 192 Å². The molecule has 2 aliphatic rings. The molecule has 0 bridgehead atoms. The van der Waals surface area contributed by atoms with Crippen molar-refractivity contribution in [1.29, 1.82) is 0 Å². The van der Waals surface area contributed by atoms with Crippen LogP contribution < -0.4 is 14.4 Å². The van der Waals surface area contributed by atoms with Crippen molar-refractivity contribution >= 4 is 22.5 Å². The number of ether oxygens (including phenoxy) is 2. The molecule has 1 amide bonds. The molecule has 0 spiro atoms. The fourth-order valence-electron chi connectivity index (χ4n) is 4.66. The van der Waals surface area contributed by atoms with Crippen LogP contribution in [0.1, 0.15) is 15.9 Å². The summed E-state index contributed by atoms with van der Waals surface area (Å²) >= 11 is 0. The monoisotopic (exact) mass is 439 g/mol. The predicted molar refractivity (Wildman–Crippen MR) is 128 cm³/mol. The standard InChI is InChI=1S/C27H25N3O3/c31-27(29-15-13-28(14-16-29)23-9-10-25-26(17-23)33-19-32-25)22-7-5-20(6-8-22)18-30-12-11-21-3-1-2-4-24(21)30/h1-12,17H,13-16,18-19H2. The summed E-state index contributed by atoms with van der Waals surface area (Å²) in [6.07, 6.45) is 2.11. The molecule has 1 saturated heterocycles. The molecule has 0 saturated carbocycles. The highest BCUT2D eigenvalue weighted by Crippen LogP contribution is 2.35. The zero-order chi connectivity index (χ0) is 22.2. The topological polar surface area (TPSA) is 46.9 Å². The van der Waals surface area contributed by atoms with Gasteiger partial charge in [0.1, 0.15) is 0 Å². The number of para-hydroxylation sites is 1. The van der Waals surface area contributed by atoms with E-state index >= 15 is 0 Å². The van der Waals surface area contributed by atoms with Crippen LogP contribution in [0.15, 0.2) is 79.0 Å². The van der Waals surface area contributed by atoms with Crippen molar-refractivity contribution in [1.82, 2.24) is 9.47 Å². The Kier molecular flexibility index (Phi) is 4.91. The molecule has 0 aliphatic carbocycles. The lowest BCUT2D eigenvalue weighted by Gasteiger charge is -2.36. The van der Waals surface area contributed by atoms with E-state index in [-0.39, 0.29) is 12.7 Å². The molecular weight excluding hydrogens is 414 g/mol. The molecule has 0 atom stereocenters. The average Bonchev–Trinajstić information content (AvgIpc) is 3.51. The molecule has 3 aromatic carbocycles. The third-order valence-electron chi connectivity index (χ3n) is 6.52. The Bertz CT molecular complexity index is 1300. The van der Waals surface area contributed by atoms with Crippen molar-refractivity contribution in [2.24, 2.45) is 0 Å². The third kappa shape index (κ3) is 3.78. The number of carbonyl (C=O) groups is 1. The van der Waals surface area contributed by atoms with E-state index in [1.807, 2.05) is 29.2 Å². The molecule has 3 heterocycles. The van der Waals surface area contributed by atoms with Crippen LogP contribution >= 0.6 is 0 Å². The zero-order valence-electron chi connectivity index (χ0n) is 18.3. The zero-order valence-corrected chi connectivity index (χ0v) is 18.3. The van der Waals surface area contributed by atoms with Gasteiger partial charge in [-0.3, -0.25) is 4.79 Å². The second-order valence-electron chi connectivity index (χ2n) is 8.52. The number of fused-ring (bicyclic) bond motifs is 2. The van der Waals surface area contributed by atoms with Gasteiger partial charge in [-0.15, -0.1) is 0 Å². The molecule has 6 rings (SSSR count). The molecule has 0 N–H and O–H groups in total. The van der Waals surface area contributed by atoms with E-state index in [4.69, 9.17) is 9.47 Å². The lowest BCUT2D eigenvalue weighted by Crippen LogP contribution is -2.48. The van der Waals surface area contributed by atoms with Gasteiger partial charge < -0.3 is 23.8 Å². The van der Waals surface area contributed by atoms with Crippen LogP contribution in [0.3, 0.4) is 0 Å². The Morgan fingerprint density at radius 1 is 0.818 bits per heavy atom. The van der Waals surface area contributed by atoms with E-state index in [0.29, 0.717) is 13.1 Å². The number of amides is 1. The quantitative estimate of drug-likeness (QED) is 0.474. The summed E-state index contributed by atoms with van der Waals surface area (Å²) in [6, 6.07) is 24.6. The largest absolute Gasteiger partial charge is 0.454 e. The summed E-state index contributed by atoms with van der Waals surface area (Å²) in [4.78, 5) is 17.3. The number of anilines is 1. The van der Waals surface area contributed by atoms with E-state index in [1.54, 1.807) is 0 Å². The molecule has 0 unspecified atom stereocenters. The maximum atomic E-state index is 13.1. The van der Waals surface area contributed by atoms with Crippen molar-refractivity contribution in [2.75, 3.05) is 37.9 Å². The molecular formula is C27H25N3O3. The summed E-state index contributed by atoms with van der Waals surface area (Å²) in [5.74, 6) is 1.68. The third-order valence-corrected chi connectivity index (χ3v) is 6.52. The molecule has 0 radical (unpaired) electrons. The molecule has 6 heteroatoms. The first kappa shape index (κ1) is 19.7. The van der Waals surface area contributed by atoms with Crippen molar-refractivity contribution in [2.45, 2.75) is 6.54 Å². The fourth-order valence-corrected chi connectivity index (χ4v) is 4.66. The Hall–Kier alpha value is -3.93. The van der Waals surface area contributed by atoms with Crippen molar-refractivity contribution in [3.8, 4) is 11.5 Å². The normalized spacial score (nSPS) is 15.3. The second kappa shape index (κ2) is 8.20. The number of hydrogen-bond donors (Lipinski definition) is 0. The number of rotatable bonds is 4. The lowest BCUT2D eigenvalue weighted by molar-refractivity contribution is 0.0746. The number of benzene rings is 3. The highest BCUT2D eigenvalue weighted by molar-refractivity contribution is 5.94. The molecule has 6 nitrogen and oxygen atoms in total. The Morgan fingerprint density at radius 2 is 1.61 bits per heavy atom. The first-order valence-electron chi connectivity index (χ1n) is 11.3. The van der Waals surface area contributed by atoms with Crippen LogP contribution in [0.2, 0.25) is 0 Å². The maximum Gasteiger partial charge on any atom is 0.253 e. The van der Waals surface area contributed by atoms with Crippen molar-refractivity contribution in [3.05, 3.63) is 90.1 Å². The highest BCUT2D eigenvalue weighted by Gasteiger charge is 2.23. The molecule has 1 aromatic heterocycles. The van der Waals surface area contributed by atoms with Gasteiger partial charge in [0.15, 0.2) is 11.5 Å². The van der Waals surface area contributed by atoms with Gasteiger partial charge in [-0.1, -0.05) is 30.3 Å². The number of piperazine rings is 1. The fraction of sp³-hybridized carbons (Fsp3) is 0.222. The summed E-state index contributed by atoms with van der Waals surface area (Å²) in [5.41, 5.74) is 4.25. The summed E-state index contributed by atoms with van der Waals surface area (Å²) in [6.45, 7) is 4.06. The SMILES string of the molecule is O=C(c1ccc(Cn2ccc3ccccc32)cc1)N1CCN(c2ccc3c(c2)OCO3)CC1. The van der Waals surface area contributed by atoms with Gasteiger partial charge in [0.05, 0.1) is 0 Å². The van der Waals surface area contributed by atoms with Crippen LogP contribution in [-0.4, -0.2) is 48.3 Å². The average molecular weight is 440 g/mol. The van der Waals surface area contributed by atoms with Crippen molar-refractivity contribution < 1.29 is 14.3 Å². The summed E-state index contributed by atoms with van der Waals surface area (Å²) in [5, 5.41) is 1.24. The number of carbonyl (C=O) groups excluding carboxylic acids is 1. The summed E-state index contributed by atoms with van der Waals surface area (Å²) < 4.78 is 13.1. The van der Waals surface area contributed by atoms with Gasteiger partial charge in [-0.2, -0.15) is 0 Å². The van der Waals surface area contributed by atoms with Gasteiger partial charge in [0.25, 0.3) is 5.91 Å². The maximum absolute atomic E-state index is 13.1. The minimum atomic E-state index is 0.0956. The predicted octanol–water partition coefficient (Wildman–Crippen LogP) is 4.38. The minimum absolute atomic E-state index is 0.0956. The lowest BCUT2D eigenvalue weighted by atomic mass is 10.1. The van der Waals surface area contributed by atoms with Gasteiger partial charge in [0.2, 0.25) is 6.79 Å². The van der Waals surface area contributed by atoms with Crippen molar-refractivity contribution in [3.63, 3.8) is 0 Å². The van der Waals surface area contributed by atoms with E-state index in [1.165, 1.54) is 16.5 Å². The number of hydrogen-bond acceptors (Lipinski definition) is 4. The Morgan fingerprint density at radius 3 is 2.45 bits per heavy atom. The molecule has 166 valence electrons. The van der Waals surface area contributed by atoms with Crippen LogP contribution in [0.5, 0.6) is 11.5 Å². The minimum Gasteiger partial charge on any atom is -0.454 e.